The molecule has 0 bridgehead atoms. The summed E-state index contributed by atoms with van der Waals surface area (Å²) in [5.74, 6) is 0.664. The van der Waals surface area contributed by atoms with Crippen LogP contribution in [0, 0.1) is 0 Å². The fourth-order valence-electron chi connectivity index (χ4n) is 2.88. The van der Waals surface area contributed by atoms with Gasteiger partial charge in [0.05, 0.1) is 5.01 Å². The van der Waals surface area contributed by atoms with E-state index < -0.39 is 0 Å². The Morgan fingerprint density at radius 2 is 2.38 bits per heavy atom. The molecule has 0 unspecified atom stereocenters. The molecule has 0 radical (unpaired) electrons. The van der Waals surface area contributed by atoms with Crippen molar-refractivity contribution in [3.8, 4) is 0 Å². The van der Waals surface area contributed by atoms with E-state index in [-0.39, 0.29) is 5.91 Å². The number of amides is 1. The smallest absolute Gasteiger partial charge is 0.222 e. The summed E-state index contributed by atoms with van der Waals surface area (Å²) < 4.78 is 1.84. The first-order valence-corrected chi connectivity index (χ1v) is 8.26. The molecule has 2 aromatic rings. The Kier molecular flexibility index (Phi) is 4.34. The Morgan fingerprint density at radius 3 is 3.10 bits per heavy atom. The van der Waals surface area contributed by atoms with Gasteiger partial charge in [-0.25, -0.2) is 4.98 Å². The van der Waals surface area contributed by atoms with Gasteiger partial charge < -0.3 is 4.90 Å². The number of aromatic nitrogens is 3. The first kappa shape index (κ1) is 14.3. The van der Waals surface area contributed by atoms with Crippen molar-refractivity contribution >= 4 is 17.2 Å². The van der Waals surface area contributed by atoms with Crippen LogP contribution in [0.1, 0.15) is 35.9 Å². The number of rotatable bonds is 4. The van der Waals surface area contributed by atoms with Gasteiger partial charge >= 0.3 is 0 Å². The number of piperidine rings is 1. The molecule has 0 N–H and O–H groups in total. The number of carbonyl (C=O) groups is 1. The molecule has 21 heavy (non-hydrogen) atoms. The van der Waals surface area contributed by atoms with Crippen molar-refractivity contribution in [2.75, 3.05) is 13.1 Å². The van der Waals surface area contributed by atoms with Gasteiger partial charge in [-0.05, 0) is 25.3 Å². The lowest BCUT2D eigenvalue weighted by molar-refractivity contribution is -0.132. The number of hydrogen-bond donors (Lipinski definition) is 0. The van der Waals surface area contributed by atoms with E-state index in [4.69, 9.17) is 0 Å². The summed E-state index contributed by atoms with van der Waals surface area (Å²) in [5.41, 5.74) is 1.11. The van der Waals surface area contributed by atoms with Crippen LogP contribution in [0.5, 0.6) is 0 Å². The Bertz CT molecular complexity index is 593. The van der Waals surface area contributed by atoms with Gasteiger partial charge in [0.25, 0.3) is 0 Å². The number of nitrogens with zero attached hydrogens (tertiary/aromatic N) is 4. The third-order valence-electron chi connectivity index (χ3n) is 4.09. The quantitative estimate of drug-likeness (QED) is 0.870. The summed E-state index contributed by atoms with van der Waals surface area (Å²) in [7, 11) is 1.92. The molecule has 1 aliphatic rings. The van der Waals surface area contributed by atoms with E-state index in [0.717, 1.165) is 38.0 Å². The summed E-state index contributed by atoms with van der Waals surface area (Å²) in [4.78, 5) is 18.8. The maximum atomic E-state index is 12.4. The lowest BCUT2D eigenvalue weighted by Crippen LogP contribution is -2.39. The van der Waals surface area contributed by atoms with Crippen LogP contribution in [-0.2, 0) is 18.3 Å². The maximum absolute atomic E-state index is 12.4. The summed E-state index contributed by atoms with van der Waals surface area (Å²) in [6.07, 6.45) is 7.15. The Hall–Kier alpha value is -1.69. The van der Waals surface area contributed by atoms with Crippen LogP contribution in [0.3, 0.4) is 0 Å². The summed E-state index contributed by atoms with van der Waals surface area (Å²) in [5, 5.41) is 7.32. The van der Waals surface area contributed by atoms with Crippen molar-refractivity contribution in [2.24, 2.45) is 7.05 Å². The molecule has 0 saturated carbocycles. The standard InChI is InChI=1S/C15H20N4OS/c1-18-13(6-7-17-18)4-5-14(20)19-9-2-3-12(11-19)15-16-8-10-21-15/h6-8,10,12H,2-5,9,11H2,1H3/t12-/m1/s1. The van der Waals surface area contributed by atoms with E-state index >= 15 is 0 Å². The molecule has 1 atom stereocenters. The molecule has 0 aromatic carbocycles. The van der Waals surface area contributed by atoms with Gasteiger partial charge in [-0.15, -0.1) is 11.3 Å². The highest BCUT2D eigenvalue weighted by Gasteiger charge is 2.25. The second-order valence-electron chi connectivity index (χ2n) is 5.50. The maximum Gasteiger partial charge on any atom is 0.222 e. The molecule has 112 valence electrons. The minimum Gasteiger partial charge on any atom is -0.342 e. The SMILES string of the molecule is Cn1nccc1CCC(=O)N1CCC[C@@H](c2nccs2)C1. The van der Waals surface area contributed by atoms with E-state index in [1.807, 2.05) is 34.3 Å². The van der Waals surface area contributed by atoms with Crippen LogP contribution in [-0.4, -0.2) is 38.7 Å². The van der Waals surface area contributed by atoms with Crippen LogP contribution in [0.2, 0.25) is 0 Å². The molecule has 1 amide bonds. The van der Waals surface area contributed by atoms with Crippen LogP contribution >= 0.6 is 11.3 Å². The number of hydrogen-bond acceptors (Lipinski definition) is 4. The molecule has 3 rings (SSSR count). The highest BCUT2D eigenvalue weighted by atomic mass is 32.1. The zero-order valence-corrected chi connectivity index (χ0v) is 13.1. The molecule has 1 aliphatic heterocycles. The van der Waals surface area contributed by atoms with Gasteiger partial charge in [0.2, 0.25) is 5.91 Å². The topological polar surface area (TPSA) is 51.0 Å². The van der Waals surface area contributed by atoms with Gasteiger partial charge in [-0.1, -0.05) is 0 Å². The average molecular weight is 304 g/mol. The van der Waals surface area contributed by atoms with E-state index in [2.05, 4.69) is 10.1 Å². The fourth-order valence-corrected chi connectivity index (χ4v) is 3.65. The second-order valence-corrected chi connectivity index (χ2v) is 6.42. The van der Waals surface area contributed by atoms with Crippen molar-refractivity contribution < 1.29 is 4.79 Å². The molecule has 6 heteroatoms. The Labute approximate surface area is 128 Å². The summed E-state index contributed by atoms with van der Waals surface area (Å²) >= 11 is 1.70. The summed E-state index contributed by atoms with van der Waals surface area (Å²) in [6, 6.07) is 1.97. The highest BCUT2D eigenvalue weighted by molar-refractivity contribution is 7.09. The molecular weight excluding hydrogens is 284 g/mol. The third-order valence-corrected chi connectivity index (χ3v) is 5.03. The third kappa shape index (κ3) is 3.32. The minimum absolute atomic E-state index is 0.248. The zero-order chi connectivity index (χ0) is 14.7. The second kappa shape index (κ2) is 6.39. The van der Waals surface area contributed by atoms with Gasteiger partial charge in [-0.3, -0.25) is 9.48 Å². The van der Waals surface area contributed by atoms with Crippen LogP contribution in [0.25, 0.3) is 0 Å². The molecular formula is C15H20N4OS. The van der Waals surface area contributed by atoms with Crippen molar-refractivity contribution in [3.63, 3.8) is 0 Å². The minimum atomic E-state index is 0.248. The monoisotopic (exact) mass is 304 g/mol. The first-order chi connectivity index (χ1) is 10.2. The predicted molar refractivity (Wildman–Crippen MR) is 82.2 cm³/mol. The van der Waals surface area contributed by atoms with Crippen molar-refractivity contribution in [2.45, 2.75) is 31.6 Å². The number of thiazole rings is 1. The van der Waals surface area contributed by atoms with Gasteiger partial charge in [0.1, 0.15) is 0 Å². The molecule has 5 nitrogen and oxygen atoms in total. The highest BCUT2D eigenvalue weighted by Crippen LogP contribution is 2.28. The predicted octanol–water partition coefficient (Wildman–Crippen LogP) is 2.22. The molecule has 0 spiro atoms. The van der Waals surface area contributed by atoms with Crippen LogP contribution in [0.15, 0.2) is 23.8 Å². The Morgan fingerprint density at radius 1 is 1.48 bits per heavy atom. The number of likely N-dealkylation sites (tertiary alicyclic amines) is 1. The summed E-state index contributed by atoms with van der Waals surface area (Å²) in [6.45, 7) is 1.70. The molecule has 1 fully saturated rings. The lowest BCUT2D eigenvalue weighted by atomic mass is 9.98. The molecule has 2 aromatic heterocycles. The first-order valence-electron chi connectivity index (χ1n) is 7.38. The average Bonchev–Trinajstić information content (AvgIpc) is 3.16. The lowest BCUT2D eigenvalue weighted by Gasteiger charge is -2.32. The van der Waals surface area contributed by atoms with Crippen molar-refractivity contribution in [1.29, 1.82) is 0 Å². The van der Waals surface area contributed by atoms with Gasteiger partial charge in [0.15, 0.2) is 0 Å². The largest absolute Gasteiger partial charge is 0.342 e. The van der Waals surface area contributed by atoms with Crippen molar-refractivity contribution in [3.05, 3.63) is 34.5 Å². The van der Waals surface area contributed by atoms with Gasteiger partial charge in [0, 0.05) is 55.9 Å². The van der Waals surface area contributed by atoms with E-state index in [1.54, 1.807) is 17.5 Å². The molecule has 1 saturated heterocycles. The number of carbonyl (C=O) groups excluding carboxylic acids is 1. The molecule has 3 heterocycles. The fraction of sp³-hybridized carbons (Fsp3) is 0.533. The van der Waals surface area contributed by atoms with E-state index in [0.29, 0.717) is 12.3 Å². The van der Waals surface area contributed by atoms with Crippen LogP contribution in [0.4, 0.5) is 0 Å². The van der Waals surface area contributed by atoms with Crippen molar-refractivity contribution in [1.82, 2.24) is 19.7 Å². The Balaban J connectivity index is 1.56. The van der Waals surface area contributed by atoms with E-state index in [1.165, 1.54) is 5.01 Å². The normalized spacial score (nSPS) is 18.9. The zero-order valence-electron chi connectivity index (χ0n) is 12.2. The van der Waals surface area contributed by atoms with Crippen LogP contribution < -0.4 is 0 Å². The number of aryl methyl sites for hydroxylation is 2. The molecule has 0 aliphatic carbocycles. The van der Waals surface area contributed by atoms with Gasteiger partial charge in [-0.2, -0.15) is 5.10 Å². The van der Waals surface area contributed by atoms with E-state index in [9.17, 15) is 4.79 Å².